The van der Waals surface area contributed by atoms with Crippen LogP contribution >= 0.6 is 0 Å². The first-order chi connectivity index (χ1) is 29.4. The Morgan fingerprint density at radius 2 is 1.03 bits per heavy atom. The van der Waals surface area contributed by atoms with Crippen LogP contribution in [-0.2, 0) is 59.2 Å². The minimum atomic E-state index is -1.25. The highest BCUT2D eigenvalue weighted by Crippen LogP contribution is 2.19. The van der Waals surface area contributed by atoms with Crippen molar-refractivity contribution >= 4 is 47.5 Å². The first kappa shape index (κ1) is 54.3. The van der Waals surface area contributed by atoms with Crippen molar-refractivity contribution in [1.29, 1.82) is 0 Å². The first-order valence-corrected chi connectivity index (χ1v) is 22.8. The number of benzene rings is 1. The van der Waals surface area contributed by atoms with Gasteiger partial charge in [0.25, 0.3) is 17.7 Å². The van der Waals surface area contributed by atoms with Crippen molar-refractivity contribution < 1.29 is 57.4 Å². The molecule has 0 aromatic heterocycles. The Hall–Kier alpha value is -4.82. The molecule has 1 aromatic carbocycles. The lowest BCUT2D eigenvalue weighted by Gasteiger charge is -2.25. The molecule has 0 aliphatic carbocycles. The third-order valence-corrected chi connectivity index (χ3v) is 9.72. The van der Waals surface area contributed by atoms with Gasteiger partial charge in [0, 0.05) is 44.3 Å². The Morgan fingerprint density at radius 3 is 1.51 bits per heavy atom. The van der Waals surface area contributed by atoms with E-state index in [9.17, 15) is 38.4 Å². The maximum atomic E-state index is 13.5. The molecule has 1 aliphatic heterocycles. The number of nitrogens with zero attached hydrogens (tertiary/aromatic N) is 2. The van der Waals surface area contributed by atoms with Gasteiger partial charge in [0.2, 0.25) is 5.91 Å². The van der Waals surface area contributed by atoms with Gasteiger partial charge in [-0.3, -0.25) is 28.8 Å². The zero-order chi connectivity index (χ0) is 47.2. The van der Waals surface area contributed by atoms with Crippen molar-refractivity contribution in [2.24, 2.45) is 0 Å². The van der Waals surface area contributed by atoms with Crippen LogP contribution in [0.2, 0.25) is 0 Å². The van der Waals surface area contributed by atoms with Gasteiger partial charge in [-0.15, -0.1) is 5.06 Å². The van der Waals surface area contributed by atoms with E-state index in [4.69, 9.17) is 19.0 Å². The molecule has 15 heteroatoms. The van der Waals surface area contributed by atoms with Gasteiger partial charge in [0.15, 0.2) is 0 Å². The summed E-state index contributed by atoms with van der Waals surface area (Å²) in [5.41, 5.74) is -1.05. The maximum Gasteiger partial charge on any atom is 0.333 e. The second kappa shape index (κ2) is 26.7. The molecule has 1 heterocycles. The van der Waals surface area contributed by atoms with Gasteiger partial charge in [-0.1, -0.05) is 76.3 Å². The molecule has 1 aliphatic rings. The van der Waals surface area contributed by atoms with Crippen molar-refractivity contribution in [3.8, 4) is 0 Å². The van der Waals surface area contributed by atoms with Gasteiger partial charge in [0.05, 0.1) is 12.8 Å². The second-order valence-corrected chi connectivity index (χ2v) is 19.3. The lowest BCUT2D eigenvalue weighted by Crippen LogP contribution is -2.44. The van der Waals surface area contributed by atoms with E-state index < -0.39 is 64.9 Å². The van der Waals surface area contributed by atoms with Crippen LogP contribution in [0.4, 0.5) is 0 Å². The van der Waals surface area contributed by atoms with E-state index in [0.29, 0.717) is 17.9 Å². The lowest BCUT2D eigenvalue weighted by atomic mass is 10.0. The summed E-state index contributed by atoms with van der Waals surface area (Å²) in [6.45, 7) is 16.4. The van der Waals surface area contributed by atoms with Crippen LogP contribution < -0.4 is 5.32 Å². The molecule has 2 rings (SSSR count). The molecule has 0 bridgehead atoms. The fourth-order valence-electron chi connectivity index (χ4n) is 6.69. The fraction of sp³-hybridized carbons (Fsp3) is 0.708. The van der Waals surface area contributed by atoms with Crippen LogP contribution in [0, 0.1) is 0 Å². The number of esters is 3. The molecule has 15 nitrogen and oxygen atoms in total. The number of amides is 4. The van der Waals surface area contributed by atoms with Crippen LogP contribution in [0.5, 0.6) is 0 Å². The summed E-state index contributed by atoms with van der Waals surface area (Å²) >= 11 is 0. The summed E-state index contributed by atoms with van der Waals surface area (Å²) < 4.78 is 16.3. The monoisotopic (exact) mass is 886 g/mol. The first-order valence-electron chi connectivity index (χ1n) is 22.8. The summed E-state index contributed by atoms with van der Waals surface area (Å²) in [5, 5.41) is 3.04. The average Bonchev–Trinajstić information content (AvgIpc) is 3.48. The highest BCUT2D eigenvalue weighted by atomic mass is 16.7. The van der Waals surface area contributed by atoms with E-state index in [-0.39, 0.29) is 56.2 Å². The quantitative estimate of drug-likeness (QED) is 0.0385. The zero-order valence-corrected chi connectivity index (χ0v) is 39.5. The number of hydrogen-bond donors (Lipinski definition) is 1. The molecular formula is C48H75N3O12. The summed E-state index contributed by atoms with van der Waals surface area (Å²) in [5.74, 6) is -4.19. The van der Waals surface area contributed by atoms with Crippen LogP contribution in [0.1, 0.15) is 200 Å². The third kappa shape index (κ3) is 24.6. The van der Waals surface area contributed by atoms with Crippen molar-refractivity contribution in [1.82, 2.24) is 15.3 Å². The molecule has 0 unspecified atom stereocenters. The number of unbranched alkanes of at least 4 members (excludes halogenated alkanes) is 11. The Bertz CT molecular complexity index is 1650. The number of ether oxygens (including phenoxy) is 3. The SMILES string of the molecule is CC(C)(C)OC(=O)CCCCCCCCCCCCCCC(=O)N(CCC(=O)OC(C)(C)C)Cc1ccc(C(=O)N[C@H](CCC(=O)ON2C(=O)CCC2=O)C(=O)OC(C)(C)C)cc1. The average molecular weight is 886 g/mol. The van der Waals surface area contributed by atoms with Gasteiger partial charge >= 0.3 is 23.9 Å². The van der Waals surface area contributed by atoms with E-state index in [2.05, 4.69) is 5.32 Å². The van der Waals surface area contributed by atoms with Crippen LogP contribution in [0.15, 0.2) is 24.3 Å². The number of nitrogens with one attached hydrogen (secondary N) is 1. The lowest BCUT2D eigenvalue weighted by molar-refractivity contribution is -0.197. The maximum absolute atomic E-state index is 13.5. The van der Waals surface area contributed by atoms with E-state index in [1.54, 1.807) is 70.7 Å². The minimum Gasteiger partial charge on any atom is -0.460 e. The molecule has 1 fully saturated rings. The van der Waals surface area contributed by atoms with Crippen LogP contribution in [-0.4, -0.2) is 86.9 Å². The predicted molar refractivity (Wildman–Crippen MR) is 236 cm³/mol. The summed E-state index contributed by atoms with van der Waals surface area (Å²) in [6, 6.07) is 5.25. The Kier molecular flexibility index (Phi) is 23.0. The molecule has 0 radical (unpaired) electrons. The number of carbonyl (C=O) groups is 8. The molecule has 1 N–H and O–H groups in total. The van der Waals surface area contributed by atoms with Gasteiger partial charge in [-0.05, 0) is 99.3 Å². The Morgan fingerprint density at radius 1 is 0.587 bits per heavy atom. The minimum absolute atomic E-state index is 0.0276. The fourth-order valence-corrected chi connectivity index (χ4v) is 6.69. The molecule has 4 amide bonds. The predicted octanol–water partition coefficient (Wildman–Crippen LogP) is 8.38. The van der Waals surface area contributed by atoms with E-state index in [1.807, 2.05) is 20.8 Å². The number of rotatable bonds is 27. The molecule has 1 aromatic rings. The summed E-state index contributed by atoms with van der Waals surface area (Å²) in [6.07, 6.45) is 12.9. The van der Waals surface area contributed by atoms with Gasteiger partial charge in [-0.25, -0.2) is 9.59 Å². The topological polar surface area (TPSA) is 192 Å². The second-order valence-electron chi connectivity index (χ2n) is 19.3. The highest BCUT2D eigenvalue weighted by molar-refractivity contribution is 6.01. The molecule has 1 saturated heterocycles. The summed E-state index contributed by atoms with van der Waals surface area (Å²) in [7, 11) is 0. The number of hydrogen-bond acceptors (Lipinski definition) is 12. The number of carbonyl (C=O) groups excluding carboxylic acids is 8. The highest BCUT2D eigenvalue weighted by Gasteiger charge is 2.34. The molecule has 1 atom stereocenters. The largest absolute Gasteiger partial charge is 0.460 e. The molecule has 63 heavy (non-hydrogen) atoms. The standard InChI is InChI=1S/C48H75N3O12/c1-46(2,3)60-41(55)23-21-19-17-15-13-11-10-12-14-16-18-20-22-38(52)50(33-32-42(56)61-47(4,5)6)34-35-24-26-36(27-25-35)44(58)49-37(45(59)62-48(7,8)9)28-31-43(57)63-51-39(53)29-30-40(51)54/h24-27,37H,10-23,28-34H2,1-9H3,(H,49,58)/t37-/m1/s1. The summed E-state index contributed by atoms with van der Waals surface area (Å²) in [4.78, 5) is 107. The number of imide groups is 1. The van der Waals surface area contributed by atoms with E-state index in [0.717, 1.165) is 56.9 Å². The van der Waals surface area contributed by atoms with Gasteiger partial charge in [-0.2, -0.15) is 0 Å². The van der Waals surface area contributed by atoms with E-state index >= 15 is 0 Å². The van der Waals surface area contributed by atoms with Crippen LogP contribution in [0.3, 0.4) is 0 Å². The normalized spacial score (nSPS) is 13.6. The third-order valence-electron chi connectivity index (χ3n) is 9.72. The zero-order valence-electron chi connectivity index (χ0n) is 39.5. The van der Waals surface area contributed by atoms with Crippen LogP contribution in [0.25, 0.3) is 0 Å². The van der Waals surface area contributed by atoms with Crippen molar-refractivity contribution in [2.75, 3.05) is 6.54 Å². The molecule has 0 saturated carbocycles. The smallest absolute Gasteiger partial charge is 0.333 e. The van der Waals surface area contributed by atoms with Gasteiger partial charge in [0.1, 0.15) is 22.8 Å². The van der Waals surface area contributed by atoms with E-state index in [1.165, 1.54) is 25.7 Å². The van der Waals surface area contributed by atoms with Crippen molar-refractivity contribution in [2.45, 2.75) is 214 Å². The Balaban J connectivity index is 1.88. The Labute approximate surface area is 375 Å². The molecule has 0 spiro atoms. The van der Waals surface area contributed by atoms with Gasteiger partial charge < -0.3 is 29.3 Å². The molecular weight excluding hydrogens is 811 g/mol. The van der Waals surface area contributed by atoms with Crippen molar-refractivity contribution in [3.63, 3.8) is 0 Å². The molecule has 354 valence electrons. The number of hydroxylamine groups is 2. The van der Waals surface area contributed by atoms with Crippen molar-refractivity contribution in [3.05, 3.63) is 35.4 Å².